The number of amides is 1. The summed E-state index contributed by atoms with van der Waals surface area (Å²) in [5.41, 5.74) is 1.37. The summed E-state index contributed by atoms with van der Waals surface area (Å²) in [7, 11) is 3.08. The van der Waals surface area contributed by atoms with Crippen LogP contribution < -0.4 is 19.5 Å². The first-order valence-corrected chi connectivity index (χ1v) is 8.22. The van der Waals surface area contributed by atoms with Gasteiger partial charge in [-0.25, -0.2) is 0 Å². The van der Waals surface area contributed by atoms with Gasteiger partial charge in [-0.1, -0.05) is 27.5 Å². The third-order valence-corrected chi connectivity index (χ3v) is 3.96. The molecule has 0 heterocycles. The fraction of sp³-hybridized carbons (Fsp3) is 0.235. The monoisotopic (exact) mass is 413 g/mol. The van der Waals surface area contributed by atoms with Gasteiger partial charge in [0, 0.05) is 10.5 Å². The average molecular weight is 415 g/mol. The summed E-state index contributed by atoms with van der Waals surface area (Å²) >= 11 is 9.49. The largest absolute Gasteiger partial charge is 0.497 e. The molecule has 0 atom stereocenters. The van der Waals surface area contributed by atoms with E-state index in [1.54, 1.807) is 31.4 Å². The molecule has 2 aromatic rings. The molecular formula is C17H17BrClNO4. The minimum absolute atomic E-state index is 0.169. The van der Waals surface area contributed by atoms with Crippen LogP contribution in [0.1, 0.15) is 5.56 Å². The predicted octanol–water partition coefficient (Wildman–Crippen LogP) is 4.45. The van der Waals surface area contributed by atoms with Crippen molar-refractivity contribution in [2.75, 3.05) is 26.1 Å². The number of methoxy groups -OCH3 is 2. The third kappa shape index (κ3) is 4.55. The molecule has 0 spiro atoms. The van der Waals surface area contributed by atoms with Crippen LogP contribution >= 0.6 is 27.5 Å². The first kappa shape index (κ1) is 18.4. The lowest BCUT2D eigenvalue weighted by Gasteiger charge is -2.13. The highest BCUT2D eigenvalue weighted by atomic mass is 79.9. The number of hydrogen-bond acceptors (Lipinski definition) is 4. The number of benzene rings is 2. The van der Waals surface area contributed by atoms with Crippen molar-refractivity contribution < 1.29 is 19.0 Å². The number of halogens is 2. The Morgan fingerprint density at radius 3 is 2.58 bits per heavy atom. The van der Waals surface area contributed by atoms with Crippen molar-refractivity contribution in [2.45, 2.75) is 6.92 Å². The van der Waals surface area contributed by atoms with Gasteiger partial charge in [0.15, 0.2) is 6.61 Å². The summed E-state index contributed by atoms with van der Waals surface area (Å²) in [4.78, 5) is 12.1. The van der Waals surface area contributed by atoms with Crippen LogP contribution in [0.3, 0.4) is 0 Å². The van der Waals surface area contributed by atoms with Crippen LogP contribution in [-0.4, -0.2) is 26.7 Å². The SMILES string of the molecule is COc1ccc(NC(=O)COc2c(C)cc(Br)cc2Cl)c(OC)c1. The van der Waals surface area contributed by atoms with E-state index in [4.69, 9.17) is 25.8 Å². The molecule has 0 saturated carbocycles. The summed E-state index contributed by atoms with van der Waals surface area (Å²) in [6.45, 7) is 1.69. The quantitative estimate of drug-likeness (QED) is 0.759. The van der Waals surface area contributed by atoms with Crippen molar-refractivity contribution in [1.29, 1.82) is 0 Å². The number of aryl methyl sites for hydroxylation is 1. The number of nitrogens with one attached hydrogen (secondary N) is 1. The van der Waals surface area contributed by atoms with Gasteiger partial charge >= 0.3 is 0 Å². The van der Waals surface area contributed by atoms with Crippen molar-refractivity contribution >= 4 is 39.1 Å². The summed E-state index contributed by atoms with van der Waals surface area (Å²) in [5, 5.41) is 3.18. The molecule has 0 unspecified atom stereocenters. The van der Waals surface area contributed by atoms with Gasteiger partial charge in [0.2, 0.25) is 0 Å². The molecule has 0 fully saturated rings. The topological polar surface area (TPSA) is 56.8 Å². The molecule has 7 heteroatoms. The molecule has 2 rings (SSSR count). The van der Waals surface area contributed by atoms with Crippen LogP contribution in [0.15, 0.2) is 34.8 Å². The Balaban J connectivity index is 2.04. The van der Waals surface area contributed by atoms with Gasteiger partial charge in [0.05, 0.1) is 24.9 Å². The average Bonchev–Trinajstić information content (AvgIpc) is 2.54. The number of carbonyl (C=O) groups is 1. The zero-order valence-electron chi connectivity index (χ0n) is 13.5. The lowest BCUT2D eigenvalue weighted by Crippen LogP contribution is -2.20. The van der Waals surface area contributed by atoms with Gasteiger partial charge in [-0.15, -0.1) is 0 Å². The first-order chi connectivity index (χ1) is 11.4. The van der Waals surface area contributed by atoms with Gasteiger partial charge < -0.3 is 19.5 Å². The number of hydrogen-bond donors (Lipinski definition) is 1. The smallest absolute Gasteiger partial charge is 0.262 e. The number of carbonyl (C=O) groups excluding carboxylic acids is 1. The Kier molecular flexibility index (Phi) is 6.34. The maximum atomic E-state index is 12.1. The molecule has 1 N–H and O–H groups in total. The molecule has 0 radical (unpaired) electrons. The van der Waals surface area contributed by atoms with Crippen LogP contribution in [0.25, 0.3) is 0 Å². The van der Waals surface area contributed by atoms with Crippen LogP contribution in [0.5, 0.6) is 17.2 Å². The fourth-order valence-corrected chi connectivity index (χ4v) is 3.12. The normalized spacial score (nSPS) is 10.2. The highest BCUT2D eigenvalue weighted by Gasteiger charge is 2.12. The second kappa shape index (κ2) is 8.26. The Labute approximate surface area is 154 Å². The first-order valence-electron chi connectivity index (χ1n) is 7.05. The second-order valence-electron chi connectivity index (χ2n) is 4.94. The summed E-state index contributed by atoms with van der Waals surface area (Å²) < 4.78 is 16.8. The minimum atomic E-state index is -0.322. The van der Waals surface area contributed by atoms with Crippen LogP contribution in [-0.2, 0) is 4.79 Å². The summed E-state index contributed by atoms with van der Waals surface area (Å²) in [6, 6.07) is 8.70. The zero-order chi connectivity index (χ0) is 17.7. The molecule has 0 saturated heterocycles. The van der Waals surface area contributed by atoms with Crippen molar-refractivity contribution in [3.8, 4) is 17.2 Å². The molecule has 5 nitrogen and oxygen atoms in total. The molecule has 0 aliphatic carbocycles. The molecular weight excluding hydrogens is 398 g/mol. The van der Waals surface area contributed by atoms with E-state index < -0.39 is 0 Å². The van der Waals surface area contributed by atoms with E-state index in [0.717, 1.165) is 10.0 Å². The Morgan fingerprint density at radius 1 is 1.21 bits per heavy atom. The van der Waals surface area contributed by atoms with Crippen molar-refractivity contribution in [3.63, 3.8) is 0 Å². The molecule has 24 heavy (non-hydrogen) atoms. The van der Waals surface area contributed by atoms with Gasteiger partial charge in [-0.3, -0.25) is 4.79 Å². The Bertz CT molecular complexity index is 728. The Hall–Kier alpha value is -1.92. The number of ether oxygens (including phenoxy) is 3. The summed E-state index contributed by atoms with van der Waals surface area (Å²) in [6.07, 6.45) is 0. The van der Waals surface area contributed by atoms with Crippen LogP contribution in [0.2, 0.25) is 5.02 Å². The van der Waals surface area contributed by atoms with Gasteiger partial charge in [0.1, 0.15) is 17.2 Å². The molecule has 0 bridgehead atoms. The number of anilines is 1. The highest BCUT2D eigenvalue weighted by molar-refractivity contribution is 9.10. The van der Waals surface area contributed by atoms with Crippen molar-refractivity contribution in [3.05, 3.63) is 45.4 Å². The predicted molar refractivity (Wildman–Crippen MR) is 97.6 cm³/mol. The molecule has 1 amide bonds. The molecule has 0 aromatic heterocycles. The highest BCUT2D eigenvalue weighted by Crippen LogP contribution is 2.32. The molecule has 0 aliphatic rings. The van der Waals surface area contributed by atoms with E-state index in [1.807, 2.05) is 13.0 Å². The van der Waals surface area contributed by atoms with Crippen LogP contribution in [0, 0.1) is 6.92 Å². The fourth-order valence-electron chi connectivity index (χ4n) is 2.10. The summed E-state index contributed by atoms with van der Waals surface area (Å²) in [5.74, 6) is 1.30. The van der Waals surface area contributed by atoms with E-state index in [9.17, 15) is 4.79 Å². The van der Waals surface area contributed by atoms with E-state index in [0.29, 0.717) is 28.0 Å². The molecule has 0 aliphatic heterocycles. The van der Waals surface area contributed by atoms with Gasteiger partial charge in [0.25, 0.3) is 5.91 Å². The van der Waals surface area contributed by atoms with Crippen LogP contribution in [0.4, 0.5) is 5.69 Å². The van der Waals surface area contributed by atoms with Crippen molar-refractivity contribution in [1.82, 2.24) is 0 Å². The van der Waals surface area contributed by atoms with Crippen molar-refractivity contribution in [2.24, 2.45) is 0 Å². The maximum Gasteiger partial charge on any atom is 0.262 e. The second-order valence-corrected chi connectivity index (χ2v) is 6.26. The van der Waals surface area contributed by atoms with Gasteiger partial charge in [-0.05, 0) is 36.8 Å². The van der Waals surface area contributed by atoms with E-state index in [2.05, 4.69) is 21.2 Å². The standard InChI is InChI=1S/C17H17BrClNO4/c1-10-6-11(18)7-13(19)17(10)24-9-16(21)20-14-5-4-12(22-2)8-15(14)23-3/h4-8H,9H2,1-3H3,(H,20,21). The molecule has 2 aromatic carbocycles. The zero-order valence-corrected chi connectivity index (χ0v) is 15.8. The van der Waals surface area contributed by atoms with E-state index in [-0.39, 0.29) is 12.5 Å². The molecule has 128 valence electrons. The van der Waals surface area contributed by atoms with Gasteiger partial charge in [-0.2, -0.15) is 0 Å². The van der Waals surface area contributed by atoms with E-state index in [1.165, 1.54) is 7.11 Å². The number of rotatable bonds is 6. The maximum absolute atomic E-state index is 12.1. The van der Waals surface area contributed by atoms with E-state index >= 15 is 0 Å². The lowest BCUT2D eigenvalue weighted by atomic mass is 10.2. The lowest BCUT2D eigenvalue weighted by molar-refractivity contribution is -0.118. The minimum Gasteiger partial charge on any atom is -0.497 e. The third-order valence-electron chi connectivity index (χ3n) is 3.22. The Morgan fingerprint density at radius 2 is 1.96 bits per heavy atom.